The highest BCUT2D eigenvalue weighted by atomic mass is 32.2. The highest BCUT2D eigenvalue weighted by Gasteiger charge is 2.40. The molecule has 8 heteroatoms. The zero-order valence-corrected chi connectivity index (χ0v) is 11.3. The van der Waals surface area contributed by atoms with Crippen molar-refractivity contribution < 1.29 is 19.5 Å². The Morgan fingerprint density at radius 2 is 1.89 bits per heavy atom. The lowest BCUT2D eigenvalue weighted by Gasteiger charge is -2.37. The SMILES string of the molecule is NC(=O)C1CCCCN1C(=O)N1CSC[C@H]1C(=O)O. The van der Waals surface area contributed by atoms with Gasteiger partial charge in [0.05, 0.1) is 5.88 Å². The van der Waals surface area contributed by atoms with Crippen LogP contribution in [0.25, 0.3) is 0 Å². The standard InChI is InChI=1S/C11H17N3O4S/c12-9(15)7-3-1-2-4-13(7)11(18)14-6-19-5-8(14)10(16)17/h7-8H,1-6H2,(H2,12,15)(H,16,17)/t7?,8-/m0/s1. The van der Waals surface area contributed by atoms with Crippen molar-refractivity contribution in [2.45, 2.75) is 31.3 Å². The molecule has 3 N–H and O–H groups in total. The van der Waals surface area contributed by atoms with Gasteiger partial charge in [-0.1, -0.05) is 0 Å². The fraction of sp³-hybridized carbons (Fsp3) is 0.727. The normalized spacial score (nSPS) is 27.4. The number of primary amides is 1. The summed E-state index contributed by atoms with van der Waals surface area (Å²) in [5.74, 6) is -0.800. The third kappa shape index (κ3) is 2.78. The van der Waals surface area contributed by atoms with E-state index in [0.717, 1.165) is 12.8 Å². The van der Waals surface area contributed by atoms with Gasteiger partial charge in [-0.2, -0.15) is 0 Å². The molecule has 1 unspecified atom stereocenters. The highest BCUT2D eigenvalue weighted by molar-refractivity contribution is 7.99. The fourth-order valence-electron chi connectivity index (χ4n) is 2.46. The maximum absolute atomic E-state index is 12.4. The van der Waals surface area contributed by atoms with Gasteiger partial charge in [-0.3, -0.25) is 4.79 Å². The summed E-state index contributed by atoms with van der Waals surface area (Å²) in [4.78, 5) is 37.6. The summed E-state index contributed by atoms with van der Waals surface area (Å²) in [6, 6.07) is -1.81. The molecule has 2 aliphatic heterocycles. The molecule has 2 heterocycles. The molecular formula is C11H17N3O4S. The molecule has 2 fully saturated rings. The van der Waals surface area contributed by atoms with Crippen LogP contribution in [0.2, 0.25) is 0 Å². The van der Waals surface area contributed by atoms with E-state index in [0.29, 0.717) is 24.6 Å². The van der Waals surface area contributed by atoms with Crippen LogP contribution in [0.15, 0.2) is 0 Å². The first-order chi connectivity index (χ1) is 9.02. The van der Waals surface area contributed by atoms with Crippen LogP contribution in [0.1, 0.15) is 19.3 Å². The zero-order valence-electron chi connectivity index (χ0n) is 10.4. The lowest BCUT2D eigenvalue weighted by Crippen LogP contribution is -2.56. The number of urea groups is 1. The third-order valence-electron chi connectivity index (χ3n) is 3.49. The molecule has 0 aromatic rings. The van der Waals surface area contributed by atoms with Crippen molar-refractivity contribution in [3.05, 3.63) is 0 Å². The average molecular weight is 287 g/mol. The number of aliphatic carboxylic acids is 1. The Balaban J connectivity index is 2.13. The first-order valence-corrected chi connectivity index (χ1v) is 7.35. The van der Waals surface area contributed by atoms with Crippen LogP contribution in [0.4, 0.5) is 4.79 Å². The van der Waals surface area contributed by atoms with E-state index in [-0.39, 0.29) is 6.03 Å². The maximum Gasteiger partial charge on any atom is 0.327 e. The van der Waals surface area contributed by atoms with Gasteiger partial charge in [0, 0.05) is 12.3 Å². The Hall–Kier alpha value is -1.44. The number of likely N-dealkylation sites (tertiary alicyclic amines) is 1. The summed E-state index contributed by atoms with van der Waals surface area (Å²) in [5, 5.41) is 9.09. The molecule has 0 bridgehead atoms. The van der Waals surface area contributed by atoms with Crippen molar-refractivity contribution in [1.82, 2.24) is 9.80 Å². The number of nitrogens with two attached hydrogens (primary N) is 1. The Morgan fingerprint density at radius 1 is 1.16 bits per heavy atom. The quantitative estimate of drug-likeness (QED) is 0.738. The molecule has 0 aliphatic carbocycles. The molecule has 2 aliphatic rings. The smallest absolute Gasteiger partial charge is 0.327 e. The second-order valence-corrected chi connectivity index (χ2v) is 5.71. The highest BCUT2D eigenvalue weighted by Crippen LogP contribution is 2.25. The van der Waals surface area contributed by atoms with Crippen molar-refractivity contribution in [3.63, 3.8) is 0 Å². The van der Waals surface area contributed by atoms with Gasteiger partial charge < -0.3 is 20.6 Å². The van der Waals surface area contributed by atoms with Crippen LogP contribution >= 0.6 is 11.8 Å². The van der Waals surface area contributed by atoms with Crippen molar-refractivity contribution in [3.8, 4) is 0 Å². The predicted molar refractivity (Wildman–Crippen MR) is 69.5 cm³/mol. The molecule has 0 radical (unpaired) electrons. The third-order valence-corrected chi connectivity index (χ3v) is 4.50. The van der Waals surface area contributed by atoms with E-state index < -0.39 is 24.0 Å². The molecule has 2 rings (SSSR count). The number of carbonyl (C=O) groups excluding carboxylic acids is 2. The van der Waals surface area contributed by atoms with Crippen LogP contribution in [0.3, 0.4) is 0 Å². The van der Waals surface area contributed by atoms with Crippen LogP contribution in [-0.2, 0) is 9.59 Å². The summed E-state index contributed by atoms with van der Waals surface area (Å²) in [6.07, 6.45) is 2.22. The Kier molecular flexibility index (Phi) is 4.18. The number of carbonyl (C=O) groups is 3. The first-order valence-electron chi connectivity index (χ1n) is 6.19. The van der Waals surface area contributed by atoms with E-state index in [9.17, 15) is 14.4 Å². The predicted octanol–water partition coefficient (Wildman–Crippen LogP) is -0.0943. The summed E-state index contributed by atoms with van der Waals surface area (Å²) in [6.45, 7) is 0.458. The zero-order chi connectivity index (χ0) is 14.0. The van der Waals surface area contributed by atoms with E-state index in [1.54, 1.807) is 0 Å². The molecule has 0 aromatic heterocycles. The van der Waals surface area contributed by atoms with Gasteiger partial charge in [0.1, 0.15) is 12.1 Å². The molecule has 0 spiro atoms. The number of amides is 3. The monoisotopic (exact) mass is 287 g/mol. The van der Waals surface area contributed by atoms with E-state index in [2.05, 4.69) is 0 Å². The summed E-state index contributed by atoms with van der Waals surface area (Å²) in [5.41, 5.74) is 5.32. The van der Waals surface area contributed by atoms with Gasteiger partial charge in [0.25, 0.3) is 0 Å². The number of nitrogens with zero attached hydrogens (tertiary/aromatic N) is 2. The van der Waals surface area contributed by atoms with Crippen molar-refractivity contribution in [1.29, 1.82) is 0 Å². The molecule has 0 aromatic carbocycles. The summed E-state index contributed by atoms with van der Waals surface area (Å²) >= 11 is 1.40. The number of piperidine rings is 1. The topological polar surface area (TPSA) is 104 Å². The molecule has 3 amide bonds. The lowest BCUT2D eigenvalue weighted by molar-refractivity contribution is -0.141. The number of rotatable bonds is 2. The van der Waals surface area contributed by atoms with Gasteiger partial charge in [-0.15, -0.1) is 11.8 Å². The largest absolute Gasteiger partial charge is 0.480 e. The Labute approximate surface area is 115 Å². The van der Waals surface area contributed by atoms with Crippen LogP contribution in [-0.4, -0.2) is 63.1 Å². The minimum atomic E-state index is -1.01. The van der Waals surface area contributed by atoms with E-state index in [1.165, 1.54) is 21.6 Å². The van der Waals surface area contributed by atoms with Crippen LogP contribution < -0.4 is 5.73 Å². The number of hydrogen-bond acceptors (Lipinski definition) is 4. The van der Waals surface area contributed by atoms with Crippen LogP contribution in [0, 0.1) is 0 Å². The van der Waals surface area contributed by atoms with Gasteiger partial charge in [-0.05, 0) is 19.3 Å². The molecule has 0 saturated carbocycles. The average Bonchev–Trinajstić information content (AvgIpc) is 2.87. The summed E-state index contributed by atoms with van der Waals surface area (Å²) < 4.78 is 0. The minimum absolute atomic E-state index is 0.345. The first kappa shape index (κ1) is 14.0. The van der Waals surface area contributed by atoms with Crippen molar-refractivity contribution in [2.75, 3.05) is 18.2 Å². The van der Waals surface area contributed by atoms with Gasteiger partial charge in [-0.25, -0.2) is 9.59 Å². The molecule has 19 heavy (non-hydrogen) atoms. The molecular weight excluding hydrogens is 270 g/mol. The number of carboxylic acids is 1. The maximum atomic E-state index is 12.4. The second-order valence-electron chi connectivity index (χ2n) is 4.71. The minimum Gasteiger partial charge on any atom is -0.480 e. The van der Waals surface area contributed by atoms with Crippen LogP contribution in [0.5, 0.6) is 0 Å². The molecule has 2 saturated heterocycles. The fourth-order valence-corrected chi connectivity index (χ4v) is 3.60. The van der Waals surface area contributed by atoms with Gasteiger partial charge >= 0.3 is 12.0 Å². The molecule has 2 atom stereocenters. The molecule has 106 valence electrons. The van der Waals surface area contributed by atoms with E-state index >= 15 is 0 Å². The van der Waals surface area contributed by atoms with Crippen molar-refractivity contribution in [2.24, 2.45) is 5.73 Å². The van der Waals surface area contributed by atoms with Gasteiger partial charge in [0.2, 0.25) is 5.91 Å². The summed E-state index contributed by atoms with van der Waals surface area (Å²) in [7, 11) is 0. The lowest BCUT2D eigenvalue weighted by atomic mass is 10.0. The number of hydrogen-bond donors (Lipinski definition) is 2. The Bertz CT molecular complexity index is 403. The molecule has 7 nitrogen and oxygen atoms in total. The number of thioether (sulfide) groups is 1. The second kappa shape index (κ2) is 5.68. The number of carboxylic acid groups (broad SMARTS) is 1. The van der Waals surface area contributed by atoms with E-state index in [1.807, 2.05) is 0 Å². The van der Waals surface area contributed by atoms with Crippen molar-refractivity contribution >= 4 is 29.7 Å². The van der Waals surface area contributed by atoms with Gasteiger partial charge in [0.15, 0.2) is 0 Å². The Morgan fingerprint density at radius 3 is 2.53 bits per heavy atom. The van der Waals surface area contributed by atoms with E-state index in [4.69, 9.17) is 10.8 Å².